The normalized spacial score (nSPS) is 28.0. The molecule has 3 aliphatic heterocycles. The van der Waals surface area contributed by atoms with Crippen LogP contribution in [0, 0.1) is 11.8 Å². The van der Waals surface area contributed by atoms with E-state index < -0.39 is 6.04 Å². The second-order valence-electron chi connectivity index (χ2n) is 8.03. The van der Waals surface area contributed by atoms with Gasteiger partial charge < -0.3 is 20.3 Å². The number of halogens is 1. The highest BCUT2D eigenvalue weighted by molar-refractivity contribution is 5.90. The summed E-state index contributed by atoms with van der Waals surface area (Å²) in [6.07, 6.45) is 3.46. The maximum Gasteiger partial charge on any atom is 0.337 e. The molecule has 2 bridgehead atoms. The molecule has 3 aliphatic rings. The van der Waals surface area contributed by atoms with Gasteiger partial charge in [0.15, 0.2) is 0 Å². The van der Waals surface area contributed by atoms with Crippen molar-refractivity contribution < 1.29 is 19.1 Å². The molecule has 29 heavy (non-hydrogen) atoms. The number of fused-ring (bicyclic) bond motifs is 4. The fourth-order valence-electron chi connectivity index (χ4n) is 5.02. The molecule has 0 aromatic heterocycles. The Balaban J connectivity index is 0.00000240. The second-order valence-corrected chi connectivity index (χ2v) is 8.03. The minimum absolute atomic E-state index is 0. The first-order valence-corrected chi connectivity index (χ1v) is 10.1. The molecule has 2 amide bonds. The van der Waals surface area contributed by atoms with E-state index in [2.05, 4.69) is 10.6 Å². The molecular weight excluding hydrogens is 394 g/mol. The van der Waals surface area contributed by atoms with Gasteiger partial charge in [-0.25, -0.2) is 4.79 Å². The highest BCUT2D eigenvalue weighted by Crippen LogP contribution is 2.39. The Kier molecular flexibility index (Phi) is 6.80. The van der Waals surface area contributed by atoms with Crippen molar-refractivity contribution in [1.82, 2.24) is 15.5 Å². The fraction of sp³-hybridized carbons (Fsp3) is 0.571. The van der Waals surface area contributed by atoms with E-state index in [0.717, 1.165) is 37.9 Å². The molecule has 1 aromatic rings. The number of nitrogens with one attached hydrogen (secondary N) is 2. The van der Waals surface area contributed by atoms with E-state index >= 15 is 0 Å². The lowest BCUT2D eigenvalue weighted by atomic mass is 9.72. The molecule has 3 heterocycles. The van der Waals surface area contributed by atoms with Crippen molar-refractivity contribution in [3.05, 3.63) is 35.4 Å². The van der Waals surface area contributed by atoms with Crippen molar-refractivity contribution in [3.63, 3.8) is 0 Å². The molecule has 0 radical (unpaired) electrons. The average molecular weight is 422 g/mol. The molecule has 0 aliphatic carbocycles. The zero-order valence-corrected chi connectivity index (χ0v) is 17.4. The third kappa shape index (κ3) is 4.26. The standard InChI is InChI=1S/C21H27N3O4.ClH/c1-28-21(27)14-7-5-13(6-8-14)10-23-20(26)19-16-9-15(11-22-12-16)17-3-2-4-18(25)24(17)19;/h5-8,15-17,19,22H,2-4,9-12H2,1H3,(H,23,26);1H/t15-,16+,17+,19-;/m1./s1. The summed E-state index contributed by atoms with van der Waals surface area (Å²) in [4.78, 5) is 39.2. The van der Waals surface area contributed by atoms with Crippen LogP contribution in [0.25, 0.3) is 0 Å². The van der Waals surface area contributed by atoms with E-state index in [4.69, 9.17) is 4.74 Å². The van der Waals surface area contributed by atoms with E-state index in [1.807, 2.05) is 4.90 Å². The maximum atomic E-state index is 13.1. The van der Waals surface area contributed by atoms with E-state index in [1.54, 1.807) is 24.3 Å². The lowest BCUT2D eigenvalue weighted by Gasteiger charge is -2.53. The van der Waals surface area contributed by atoms with Crippen LogP contribution in [0.1, 0.15) is 41.6 Å². The summed E-state index contributed by atoms with van der Waals surface area (Å²) < 4.78 is 4.70. The number of methoxy groups -OCH3 is 1. The predicted octanol–water partition coefficient (Wildman–Crippen LogP) is 1.50. The molecule has 0 saturated carbocycles. The molecule has 3 saturated heterocycles. The SMILES string of the molecule is COC(=O)c1ccc(CNC(=O)[C@H]2[C@@H]3CNC[C@@H](C3)[C@@H]3CCCC(=O)N32)cc1.Cl. The van der Waals surface area contributed by atoms with E-state index in [1.165, 1.54) is 7.11 Å². The number of benzene rings is 1. The van der Waals surface area contributed by atoms with Gasteiger partial charge in [-0.2, -0.15) is 0 Å². The van der Waals surface area contributed by atoms with Crippen LogP contribution >= 0.6 is 12.4 Å². The summed E-state index contributed by atoms with van der Waals surface area (Å²) in [6, 6.07) is 6.78. The minimum Gasteiger partial charge on any atom is -0.465 e. The first-order valence-electron chi connectivity index (χ1n) is 10.1. The number of rotatable bonds is 4. The highest BCUT2D eigenvalue weighted by Gasteiger charge is 2.50. The summed E-state index contributed by atoms with van der Waals surface area (Å²) in [6.45, 7) is 2.08. The van der Waals surface area contributed by atoms with Crippen LogP contribution in [0.4, 0.5) is 0 Å². The lowest BCUT2D eigenvalue weighted by molar-refractivity contribution is -0.157. The van der Waals surface area contributed by atoms with Crippen LogP contribution in [0.2, 0.25) is 0 Å². The number of esters is 1. The number of hydrogen-bond acceptors (Lipinski definition) is 5. The van der Waals surface area contributed by atoms with Crippen molar-refractivity contribution >= 4 is 30.2 Å². The van der Waals surface area contributed by atoms with Gasteiger partial charge in [0.1, 0.15) is 6.04 Å². The quantitative estimate of drug-likeness (QED) is 0.719. The largest absolute Gasteiger partial charge is 0.465 e. The molecule has 4 atom stereocenters. The number of piperidine rings is 3. The monoisotopic (exact) mass is 421 g/mol. The van der Waals surface area contributed by atoms with Crippen LogP contribution in [-0.4, -0.2) is 55.0 Å². The van der Waals surface area contributed by atoms with Gasteiger partial charge in [-0.15, -0.1) is 12.4 Å². The van der Waals surface area contributed by atoms with Gasteiger partial charge >= 0.3 is 5.97 Å². The number of nitrogens with zero attached hydrogens (tertiary/aromatic N) is 1. The Morgan fingerprint density at radius 3 is 2.66 bits per heavy atom. The Bertz CT molecular complexity index is 770. The number of carbonyl (C=O) groups excluding carboxylic acids is 3. The molecule has 1 aromatic carbocycles. The summed E-state index contributed by atoms with van der Waals surface area (Å²) in [7, 11) is 1.35. The predicted molar refractivity (Wildman–Crippen MR) is 110 cm³/mol. The molecule has 7 nitrogen and oxygen atoms in total. The third-order valence-corrected chi connectivity index (χ3v) is 6.36. The summed E-state index contributed by atoms with van der Waals surface area (Å²) in [5.41, 5.74) is 1.38. The zero-order chi connectivity index (χ0) is 19.7. The van der Waals surface area contributed by atoms with Crippen LogP contribution in [0.3, 0.4) is 0 Å². The summed E-state index contributed by atoms with van der Waals surface area (Å²) >= 11 is 0. The number of amides is 2. The van der Waals surface area contributed by atoms with E-state index in [0.29, 0.717) is 24.4 Å². The van der Waals surface area contributed by atoms with Crippen molar-refractivity contribution in [1.29, 1.82) is 0 Å². The van der Waals surface area contributed by atoms with Crippen LogP contribution < -0.4 is 10.6 Å². The Morgan fingerprint density at radius 1 is 1.21 bits per heavy atom. The lowest BCUT2D eigenvalue weighted by Crippen LogP contribution is -2.67. The molecule has 2 N–H and O–H groups in total. The summed E-state index contributed by atoms with van der Waals surface area (Å²) in [5.74, 6) is 0.281. The molecular formula is C21H28ClN3O4. The minimum atomic E-state index is -0.392. The van der Waals surface area contributed by atoms with Gasteiger partial charge in [-0.05, 0) is 49.4 Å². The first-order chi connectivity index (χ1) is 13.6. The third-order valence-electron chi connectivity index (χ3n) is 6.36. The maximum absolute atomic E-state index is 13.1. The van der Waals surface area contributed by atoms with Gasteiger partial charge in [0.05, 0.1) is 12.7 Å². The van der Waals surface area contributed by atoms with Gasteiger partial charge in [0.2, 0.25) is 11.8 Å². The van der Waals surface area contributed by atoms with Crippen molar-refractivity contribution in [2.75, 3.05) is 20.2 Å². The molecule has 0 unspecified atom stereocenters. The second kappa shape index (κ2) is 9.13. The Hall–Kier alpha value is -2.12. The van der Waals surface area contributed by atoms with Crippen molar-refractivity contribution in [2.24, 2.45) is 11.8 Å². The van der Waals surface area contributed by atoms with Crippen molar-refractivity contribution in [3.8, 4) is 0 Å². The van der Waals surface area contributed by atoms with Gasteiger partial charge in [-0.1, -0.05) is 12.1 Å². The Labute approximate surface area is 176 Å². The van der Waals surface area contributed by atoms with Gasteiger partial charge in [-0.3, -0.25) is 9.59 Å². The number of ether oxygens (including phenoxy) is 1. The fourth-order valence-corrected chi connectivity index (χ4v) is 5.02. The van der Waals surface area contributed by atoms with Crippen LogP contribution in [0.5, 0.6) is 0 Å². The van der Waals surface area contributed by atoms with Crippen molar-refractivity contribution in [2.45, 2.75) is 44.3 Å². The molecule has 0 spiro atoms. The number of carbonyl (C=O) groups is 3. The highest BCUT2D eigenvalue weighted by atomic mass is 35.5. The van der Waals surface area contributed by atoms with Gasteiger partial charge in [0.25, 0.3) is 0 Å². The molecule has 4 rings (SSSR count). The zero-order valence-electron chi connectivity index (χ0n) is 16.6. The first kappa shape index (κ1) is 21.6. The topological polar surface area (TPSA) is 87.7 Å². The number of hydrogen-bond donors (Lipinski definition) is 2. The summed E-state index contributed by atoms with van der Waals surface area (Å²) in [5, 5.41) is 6.47. The van der Waals surface area contributed by atoms with E-state index in [-0.39, 0.29) is 42.2 Å². The molecule has 3 fully saturated rings. The van der Waals surface area contributed by atoms with Gasteiger partial charge in [0, 0.05) is 31.5 Å². The molecule has 158 valence electrons. The van der Waals surface area contributed by atoms with Crippen LogP contribution in [0.15, 0.2) is 24.3 Å². The van der Waals surface area contributed by atoms with Crippen LogP contribution in [-0.2, 0) is 20.9 Å². The average Bonchev–Trinajstić information content (AvgIpc) is 2.73. The van der Waals surface area contributed by atoms with E-state index in [9.17, 15) is 14.4 Å². The smallest absolute Gasteiger partial charge is 0.337 e. The molecule has 8 heteroatoms. The Morgan fingerprint density at radius 2 is 1.93 bits per heavy atom.